The summed E-state index contributed by atoms with van der Waals surface area (Å²) in [4.78, 5) is 11.5. The molecule has 6 nitrogen and oxygen atoms in total. The molecule has 0 unspecified atom stereocenters. The van der Waals surface area contributed by atoms with Gasteiger partial charge in [0.1, 0.15) is 0 Å². The van der Waals surface area contributed by atoms with Crippen molar-refractivity contribution in [3.05, 3.63) is 40.1 Å². The summed E-state index contributed by atoms with van der Waals surface area (Å²) in [5, 5.41) is 10.9. The van der Waals surface area contributed by atoms with Crippen LogP contribution in [-0.4, -0.2) is 28.1 Å². The molecule has 0 amide bonds. The standard InChI is InChI=1S/C12H13BrN4O2/c1-17-11(7-15-16-17)6-14-10-4-8(12(18)19-2)3-9(13)5-10/h3-5,7,14H,6H2,1-2H3. The van der Waals surface area contributed by atoms with E-state index in [4.69, 9.17) is 4.74 Å². The average molecular weight is 325 g/mol. The van der Waals surface area contributed by atoms with E-state index in [1.165, 1.54) is 7.11 Å². The van der Waals surface area contributed by atoms with Crippen LogP contribution in [0.3, 0.4) is 0 Å². The Hall–Kier alpha value is -1.89. The van der Waals surface area contributed by atoms with Crippen molar-refractivity contribution in [3.8, 4) is 0 Å². The molecule has 0 spiro atoms. The van der Waals surface area contributed by atoms with Crippen molar-refractivity contribution in [3.63, 3.8) is 0 Å². The van der Waals surface area contributed by atoms with Crippen LogP contribution < -0.4 is 5.32 Å². The topological polar surface area (TPSA) is 69.0 Å². The van der Waals surface area contributed by atoms with Gasteiger partial charge >= 0.3 is 5.97 Å². The zero-order valence-corrected chi connectivity index (χ0v) is 12.1. The van der Waals surface area contributed by atoms with E-state index in [1.807, 2.05) is 13.1 Å². The number of anilines is 1. The second-order valence-corrected chi connectivity index (χ2v) is 4.84. The molecule has 0 saturated carbocycles. The molecule has 0 bridgehead atoms. The van der Waals surface area contributed by atoms with Crippen molar-refractivity contribution in [1.29, 1.82) is 0 Å². The van der Waals surface area contributed by atoms with Gasteiger partial charge in [0, 0.05) is 17.2 Å². The number of nitrogens with one attached hydrogen (secondary N) is 1. The van der Waals surface area contributed by atoms with Gasteiger partial charge in [-0.1, -0.05) is 21.1 Å². The molecule has 7 heteroatoms. The summed E-state index contributed by atoms with van der Waals surface area (Å²) in [6, 6.07) is 5.33. The van der Waals surface area contributed by atoms with Crippen LogP contribution in [0, 0.1) is 0 Å². The molecule has 0 radical (unpaired) electrons. The van der Waals surface area contributed by atoms with Crippen LogP contribution in [-0.2, 0) is 18.3 Å². The van der Waals surface area contributed by atoms with Crippen molar-refractivity contribution >= 4 is 27.6 Å². The Morgan fingerprint density at radius 1 is 1.47 bits per heavy atom. The van der Waals surface area contributed by atoms with Gasteiger partial charge in [0.2, 0.25) is 0 Å². The predicted octanol–water partition coefficient (Wildman–Crippen LogP) is 1.98. The largest absolute Gasteiger partial charge is 0.465 e. The highest BCUT2D eigenvalue weighted by Gasteiger charge is 2.08. The smallest absolute Gasteiger partial charge is 0.337 e. The van der Waals surface area contributed by atoms with Crippen molar-refractivity contribution in [2.45, 2.75) is 6.54 Å². The van der Waals surface area contributed by atoms with Gasteiger partial charge < -0.3 is 10.1 Å². The van der Waals surface area contributed by atoms with Crippen LogP contribution >= 0.6 is 15.9 Å². The monoisotopic (exact) mass is 324 g/mol. The van der Waals surface area contributed by atoms with E-state index < -0.39 is 0 Å². The number of halogens is 1. The van der Waals surface area contributed by atoms with Gasteiger partial charge in [-0.05, 0) is 18.2 Å². The number of aryl methyl sites for hydroxylation is 1. The highest BCUT2D eigenvalue weighted by molar-refractivity contribution is 9.10. The lowest BCUT2D eigenvalue weighted by molar-refractivity contribution is 0.0600. The number of hydrogen-bond acceptors (Lipinski definition) is 5. The van der Waals surface area contributed by atoms with Crippen LogP contribution in [0.15, 0.2) is 28.9 Å². The van der Waals surface area contributed by atoms with Gasteiger partial charge in [0.25, 0.3) is 0 Å². The Labute approximate surface area is 118 Å². The number of carbonyl (C=O) groups is 1. The van der Waals surface area contributed by atoms with Crippen molar-refractivity contribution < 1.29 is 9.53 Å². The molecule has 100 valence electrons. The minimum atomic E-state index is -0.369. The third-order valence-electron chi connectivity index (χ3n) is 2.60. The molecule has 0 aliphatic heterocycles. The van der Waals surface area contributed by atoms with E-state index in [0.29, 0.717) is 12.1 Å². The van der Waals surface area contributed by atoms with E-state index in [1.54, 1.807) is 23.0 Å². The summed E-state index contributed by atoms with van der Waals surface area (Å²) in [6.07, 6.45) is 1.69. The zero-order chi connectivity index (χ0) is 13.8. The second-order valence-electron chi connectivity index (χ2n) is 3.92. The fraction of sp³-hybridized carbons (Fsp3) is 0.250. The van der Waals surface area contributed by atoms with Gasteiger partial charge in [0.05, 0.1) is 31.1 Å². The minimum absolute atomic E-state index is 0.369. The minimum Gasteiger partial charge on any atom is -0.465 e. The molecule has 19 heavy (non-hydrogen) atoms. The molecule has 1 aromatic heterocycles. The molecular weight excluding hydrogens is 312 g/mol. The summed E-state index contributed by atoms with van der Waals surface area (Å²) >= 11 is 3.37. The summed E-state index contributed by atoms with van der Waals surface area (Å²) in [5.74, 6) is -0.369. The van der Waals surface area contributed by atoms with Gasteiger partial charge in [-0.2, -0.15) is 0 Å². The lowest BCUT2D eigenvalue weighted by atomic mass is 10.2. The molecule has 2 aromatic rings. The normalized spacial score (nSPS) is 10.3. The van der Waals surface area contributed by atoms with Gasteiger partial charge in [0.15, 0.2) is 0 Å². The maximum absolute atomic E-state index is 11.5. The van der Waals surface area contributed by atoms with E-state index in [0.717, 1.165) is 15.9 Å². The summed E-state index contributed by atoms with van der Waals surface area (Å²) in [6.45, 7) is 0.570. The zero-order valence-electron chi connectivity index (χ0n) is 10.6. The molecular formula is C12H13BrN4O2. The van der Waals surface area contributed by atoms with Gasteiger partial charge in [-0.3, -0.25) is 4.68 Å². The summed E-state index contributed by atoms with van der Waals surface area (Å²) in [7, 11) is 3.18. The number of carbonyl (C=O) groups excluding carboxylic acids is 1. The number of rotatable bonds is 4. The fourth-order valence-electron chi connectivity index (χ4n) is 1.59. The lowest BCUT2D eigenvalue weighted by Gasteiger charge is -2.08. The molecule has 0 atom stereocenters. The molecule has 1 N–H and O–H groups in total. The number of esters is 1. The van der Waals surface area contributed by atoms with E-state index in [9.17, 15) is 4.79 Å². The quantitative estimate of drug-likeness (QED) is 0.871. The number of aromatic nitrogens is 3. The van der Waals surface area contributed by atoms with Crippen LogP contribution in [0.25, 0.3) is 0 Å². The fourth-order valence-corrected chi connectivity index (χ4v) is 2.08. The van der Waals surface area contributed by atoms with Gasteiger partial charge in [-0.15, -0.1) is 5.10 Å². The maximum atomic E-state index is 11.5. The first-order valence-electron chi connectivity index (χ1n) is 5.56. The second kappa shape index (κ2) is 5.83. The first-order valence-corrected chi connectivity index (χ1v) is 6.36. The number of ether oxygens (including phenoxy) is 1. The first kappa shape index (κ1) is 13.5. The summed E-state index contributed by atoms with van der Waals surface area (Å²) < 4.78 is 7.20. The lowest BCUT2D eigenvalue weighted by Crippen LogP contribution is -2.07. The van der Waals surface area contributed by atoms with Crippen LogP contribution in [0.5, 0.6) is 0 Å². The maximum Gasteiger partial charge on any atom is 0.337 e. The number of benzene rings is 1. The van der Waals surface area contributed by atoms with Crippen LogP contribution in [0.1, 0.15) is 16.1 Å². The predicted molar refractivity (Wildman–Crippen MR) is 73.8 cm³/mol. The highest BCUT2D eigenvalue weighted by Crippen LogP contribution is 2.20. The molecule has 0 aliphatic carbocycles. The SMILES string of the molecule is COC(=O)c1cc(Br)cc(NCc2cnnn2C)c1. The van der Waals surface area contributed by atoms with Crippen molar-refractivity contribution in [2.24, 2.45) is 7.05 Å². The van der Waals surface area contributed by atoms with Crippen molar-refractivity contribution in [2.75, 3.05) is 12.4 Å². The van der Waals surface area contributed by atoms with Crippen molar-refractivity contribution in [1.82, 2.24) is 15.0 Å². The number of hydrogen-bond donors (Lipinski definition) is 1. The Balaban J connectivity index is 2.14. The molecule has 1 aromatic carbocycles. The van der Waals surface area contributed by atoms with Crippen LogP contribution in [0.4, 0.5) is 5.69 Å². The molecule has 1 heterocycles. The number of methoxy groups -OCH3 is 1. The Bertz CT molecular complexity index is 597. The average Bonchev–Trinajstić information content (AvgIpc) is 2.80. The van der Waals surface area contributed by atoms with Crippen LogP contribution in [0.2, 0.25) is 0 Å². The number of nitrogens with zero attached hydrogens (tertiary/aromatic N) is 3. The molecule has 0 fully saturated rings. The van der Waals surface area contributed by atoms with Gasteiger partial charge in [-0.25, -0.2) is 4.79 Å². The Morgan fingerprint density at radius 3 is 2.89 bits per heavy atom. The highest BCUT2D eigenvalue weighted by atomic mass is 79.9. The molecule has 2 rings (SSSR count). The molecule has 0 aliphatic rings. The first-order chi connectivity index (χ1) is 9.10. The molecule has 0 saturated heterocycles. The summed E-state index contributed by atoms with van der Waals surface area (Å²) in [5.41, 5.74) is 2.25. The van der Waals surface area contributed by atoms with E-state index in [2.05, 4.69) is 31.6 Å². The van der Waals surface area contributed by atoms with E-state index >= 15 is 0 Å². The Morgan fingerprint density at radius 2 is 2.26 bits per heavy atom. The Kier molecular flexibility index (Phi) is 4.16. The third-order valence-corrected chi connectivity index (χ3v) is 3.06. The van der Waals surface area contributed by atoms with E-state index in [-0.39, 0.29) is 5.97 Å². The third kappa shape index (κ3) is 3.31.